The topological polar surface area (TPSA) is 26.0 Å². The first-order chi connectivity index (χ1) is 47.0. The fraction of sp³-hybridized carbons (Fsp3) is 1.00. The van der Waals surface area contributed by atoms with Crippen LogP contribution in [0.5, 0.6) is 0 Å². The van der Waals surface area contributed by atoms with Gasteiger partial charge in [0.2, 0.25) is 0 Å². The van der Waals surface area contributed by atoms with Gasteiger partial charge in [0.05, 0.1) is 0 Å². The summed E-state index contributed by atoms with van der Waals surface area (Å²) in [6.07, 6.45) is -27.1. The van der Waals surface area contributed by atoms with Crippen molar-refractivity contribution in [1.82, 2.24) is 0 Å². The zero-order valence-electron chi connectivity index (χ0n) is 47.4. The predicted octanol–water partition coefficient (Wildman–Crippen LogP) is 23.2. The Bertz CT molecular complexity index is 3070. The van der Waals surface area contributed by atoms with Crippen LogP contribution in [0.2, 0.25) is 0 Å². The molecule has 0 aliphatic carbocycles. The van der Waals surface area contributed by atoms with Crippen LogP contribution < -0.4 is 5.40 Å². The number of rotatable bonds is 33. The number of nitrogens with two attached hydrogens (primary N) is 1. The van der Waals surface area contributed by atoms with Crippen molar-refractivity contribution in [3.63, 3.8) is 0 Å². The molecule has 0 aromatic carbocycles. The van der Waals surface area contributed by atoms with Crippen molar-refractivity contribution in [3.05, 3.63) is 0 Å². The van der Waals surface area contributed by atoms with Crippen molar-refractivity contribution in [3.8, 4) is 0 Å². The predicted molar refractivity (Wildman–Crippen MR) is 191 cm³/mol. The van der Waals surface area contributed by atoms with Crippen LogP contribution in [-0.4, -0.2) is 221 Å². The Morgan fingerprint density at radius 2 is 0.142 bits per heavy atom. The Balaban J connectivity index is 10.6. The van der Waals surface area contributed by atoms with E-state index in [1.807, 2.05) is 0 Å². The maximum Gasteiger partial charge on any atom is 0.460 e. The third-order valence-corrected chi connectivity index (χ3v) is 18.3. The molecule has 0 saturated carbocycles. The molecular formula is C36H2F75NSi. The summed E-state index contributed by atoms with van der Waals surface area (Å²) >= 11 is 0. The minimum absolute atomic E-state index is 2.20. The lowest BCUT2D eigenvalue weighted by molar-refractivity contribution is -0.483. The molecule has 0 aromatic rings. The van der Waals surface area contributed by atoms with Crippen LogP contribution in [0.1, 0.15) is 0 Å². The van der Waals surface area contributed by atoms with Gasteiger partial charge in [0.25, 0.3) is 0 Å². The van der Waals surface area contributed by atoms with E-state index in [0.29, 0.717) is 0 Å². The summed E-state index contributed by atoms with van der Waals surface area (Å²) < 4.78 is 1060. The molecule has 0 rings (SSSR count). The quantitative estimate of drug-likeness (QED) is 0.0514. The number of hydrogen-bond acceptors (Lipinski definition) is 1. The summed E-state index contributed by atoms with van der Waals surface area (Å²) in [5.74, 6) is -336. The number of halogens is 75. The van der Waals surface area contributed by atoms with Crippen molar-refractivity contribution in [2.45, 2.75) is 213 Å². The summed E-state index contributed by atoms with van der Waals surface area (Å²) in [7, 11) is -15.5. The van der Waals surface area contributed by atoms with Crippen LogP contribution in [0.4, 0.5) is 329 Å². The highest BCUT2D eigenvalue weighted by Gasteiger charge is 3.10. The summed E-state index contributed by atoms with van der Waals surface area (Å²) in [4.78, 5) is 0. The lowest BCUT2D eigenvalue weighted by atomic mass is 9.85. The largest absolute Gasteiger partial charge is 0.460 e. The average molecular weight is 1900 g/mol. The van der Waals surface area contributed by atoms with E-state index in [9.17, 15) is 250 Å². The van der Waals surface area contributed by atoms with E-state index in [2.05, 4.69) is 5.40 Å². The van der Waals surface area contributed by atoms with Gasteiger partial charge in [-0.3, -0.25) is 0 Å². The molecule has 1 nitrogen and oxygen atoms in total. The van der Waals surface area contributed by atoms with E-state index >= 15 is 79.0 Å². The van der Waals surface area contributed by atoms with E-state index in [1.165, 1.54) is 0 Å². The van der Waals surface area contributed by atoms with Gasteiger partial charge in [0.15, 0.2) is 0 Å². The molecule has 0 aliphatic heterocycles. The molecule has 0 amide bonds. The van der Waals surface area contributed by atoms with Gasteiger partial charge < -0.3 is 5.40 Å². The molecule has 113 heavy (non-hydrogen) atoms. The number of hydrogen-bond donors (Lipinski definition) is 1. The second kappa shape index (κ2) is 25.5. The van der Waals surface area contributed by atoms with Crippen LogP contribution in [0.3, 0.4) is 0 Å². The molecule has 0 heterocycles. The second-order valence-corrected chi connectivity index (χ2v) is 24.8. The number of alkyl halides is 75. The van der Waals surface area contributed by atoms with Gasteiger partial charge in [0, 0.05) is 0 Å². The Kier molecular flexibility index (Phi) is 24.4. The lowest BCUT2D eigenvalue weighted by Crippen LogP contribution is -2.95. The first kappa shape index (κ1) is 108. The maximum atomic E-state index is 15.9. The van der Waals surface area contributed by atoms with Crippen LogP contribution in [0, 0.1) is 0 Å². The highest BCUT2D eigenvalue weighted by atomic mass is 28.3. The van der Waals surface area contributed by atoms with E-state index in [0.717, 1.165) is 0 Å². The SMILES string of the molecule is N[Si](C(F)(F)C(F)(F)C(F)(F)C(F)(F)C(F)(F)C(F)(F)C(F)(F)C(F)(F)C(F)(F)C(F)(F)C(F)(F)C(F)(F)F)(C(F)(F)C(F)(F)C(F)(F)C(F)(F)C(F)(F)C(F)(F)C(F)(F)C(F)(F)C(F)(F)C(F)(F)C(F)(F)C(F)(F)F)C(F)(F)C(F)(F)C(F)(F)C(F)(F)C(F)(F)C(F)(F)C(F)(F)C(F)(F)C(F)(F)C(F)(F)C(F)(F)C(F)(F)F. The summed E-state index contributed by atoms with van der Waals surface area (Å²) in [6, 6.07) is 0. The van der Waals surface area contributed by atoms with E-state index in [-0.39, 0.29) is 0 Å². The zero-order valence-corrected chi connectivity index (χ0v) is 48.4. The van der Waals surface area contributed by atoms with Gasteiger partial charge >= 0.3 is 221 Å². The Morgan fingerprint density at radius 1 is 0.0885 bits per heavy atom. The van der Waals surface area contributed by atoms with Gasteiger partial charge in [-0.1, -0.05) is 0 Å². The molecule has 77 heteroatoms. The maximum absolute atomic E-state index is 15.9. The standard InChI is InChI=1S/C36H2F75NSi/c37-1(38,7(49,50)13(61,62)19(73,74)25(85,86)31(97,98)99)4(43,44)10(55,56)16(67,68)22(79,80)28(91,92)34(106,107)113(112,35(108,109)29(93,94)23(81,82)17(69,70)11(57,58)5(45,46)2(39,40)8(51,52)14(63,64)20(75,76)26(87,88)32(100,101)102)36(110,111)30(95,96)24(83,84)18(71,72)12(59,60)6(47,48)3(41,42)9(53,54)15(65,66)21(77,78)27(89,90)33(103,104)105/h112H2. The molecule has 2 N–H and O–H groups in total. The van der Waals surface area contributed by atoms with Crippen molar-refractivity contribution >= 4 is 8.24 Å². The molecule has 0 atom stereocenters. The first-order valence-corrected chi connectivity index (χ1v) is 25.5. The van der Waals surface area contributed by atoms with Crippen molar-refractivity contribution in [2.75, 3.05) is 0 Å². The van der Waals surface area contributed by atoms with E-state index < -0.39 is 221 Å². The minimum Gasteiger partial charge on any atom is -0.337 e. The van der Waals surface area contributed by atoms with E-state index in [1.54, 1.807) is 0 Å². The van der Waals surface area contributed by atoms with Gasteiger partial charge in [0.1, 0.15) is 0 Å². The lowest BCUT2D eigenvalue weighted by Gasteiger charge is -2.53. The highest BCUT2D eigenvalue weighted by molar-refractivity contribution is 6.84. The fourth-order valence-corrected chi connectivity index (χ4v) is 10.3. The minimum atomic E-state index is -15.5. The highest BCUT2D eigenvalue weighted by Crippen LogP contribution is 2.76. The van der Waals surface area contributed by atoms with E-state index in [4.69, 9.17) is 0 Å². The monoisotopic (exact) mass is 1900 g/mol. The molecule has 0 aromatic heterocycles. The zero-order chi connectivity index (χ0) is 94.5. The van der Waals surface area contributed by atoms with Gasteiger partial charge in [-0.05, 0) is 0 Å². The normalized spacial score (nSPS) is 17.7. The van der Waals surface area contributed by atoms with Crippen molar-refractivity contribution in [2.24, 2.45) is 5.40 Å². The fourth-order valence-electron chi connectivity index (χ4n) is 7.19. The molecular weight excluding hydrogens is 1900 g/mol. The van der Waals surface area contributed by atoms with Crippen molar-refractivity contribution in [1.29, 1.82) is 0 Å². The van der Waals surface area contributed by atoms with Gasteiger partial charge in [-0.2, -0.15) is 303 Å². The first-order valence-electron chi connectivity index (χ1n) is 23.5. The molecule has 0 bridgehead atoms. The average Bonchev–Trinajstić information content (AvgIpc) is 0.657. The molecule has 0 fully saturated rings. The molecule has 0 radical (unpaired) electrons. The third kappa shape index (κ3) is 11.6. The second-order valence-electron chi connectivity index (χ2n) is 21.3. The molecule has 680 valence electrons. The molecule has 0 aliphatic rings. The Labute approximate surface area is 557 Å². The Hall–Kier alpha value is -5.07. The summed E-state index contributed by atoms with van der Waals surface area (Å²) in [5.41, 5.74) is -37.9. The van der Waals surface area contributed by atoms with Gasteiger partial charge in [-0.15, -0.1) is 0 Å². The van der Waals surface area contributed by atoms with Crippen LogP contribution in [-0.2, 0) is 0 Å². The van der Waals surface area contributed by atoms with Crippen LogP contribution >= 0.6 is 0 Å². The van der Waals surface area contributed by atoms with Crippen LogP contribution in [0.15, 0.2) is 0 Å². The molecule has 0 saturated heterocycles. The summed E-state index contributed by atoms with van der Waals surface area (Å²) in [6.45, 7) is 0. The smallest absolute Gasteiger partial charge is 0.337 e. The Morgan fingerprint density at radius 3 is 0.204 bits per heavy atom. The summed E-state index contributed by atoms with van der Waals surface area (Å²) in [5, 5.41) is 2.20. The molecule has 0 unspecified atom stereocenters. The third-order valence-electron chi connectivity index (χ3n) is 14.4. The van der Waals surface area contributed by atoms with Gasteiger partial charge in [-0.25, -0.2) is 26.3 Å². The van der Waals surface area contributed by atoms with Crippen LogP contribution in [0.25, 0.3) is 0 Å². The van der Waals surface area contributed by atoms with Crippen molar-refractivity contribution < 1.29 is 329 Å². The molecule has 0 spiro atoms.